The number of hydrogen-bond acceptors (Lipinski definition) is 3. The standard InChI is InChI=1S/C21H25ClN2O2S/c1-15-7-6-8-17(11-15)13-27-14-20(25)24(16(2)21(26)23-3)12-18-9-4-5-10-19(18)22/h4-11,16H,12-14H2,1-3H3,(H,23,26)/t16-/m0/s1. The van der Waals surface area contributed by atoms with Crippen LogP contribution in [-0.4, -0.2) is 35.6 Å². The highest BCUT2D eigenvalue weighted by atomic mass is 35.5. The van der Waals surface area contributed by atoms with Crippen molar-refractivity contribution < 1.29 is 9.59 Å². The van der Waals surface area contributed by atoms with Gasteiger partial charge in [0.15, 0.2) is 0 Å². The van der Waals surface area contributed by atoms with Crippen molar-refractivity contribution >= 4 is 35.2 Å². The Morgan fingerprint density at radius 1 is 1.19 bits per heavy atom. The quantitative estimate of drug-likeness (QED) is 0.722. The molecular formula is C21H25ClN2O2S. The van der Waals surface area contributed by atoms with E-state index >= 15 is 0 Å². The van der Waals surface area contributed by atoms with Crippen LogP contribution in [0, 0.1) is 6.92 Å². The number of benzene rings is 2. The van der Waals surface area contributed by atoms with Crippen LogP contribution < -0.4 is 5.32 Å². The van der Waals surface area contributed by atoms with Crippen molar-refractivity contribution in [2.45, 2.75) is 32.2 Å². The first-order valence-corrected chi connectivity index (χ1v) is 10.3. The molecule has 1 atom stereocenters. The predicted molar refractivity (Wildman–Crippen MR) is 113 cm³/mol. The second-order valence-corrected chi connectivity index (χ2v) is 7.78. The highest BCUT2D eigenvalue weighted by Gasteiger charge is 2.25. The first-order valence-electron chi connectivity index (χ1n) is 8.80. The molecule has 0 radical (unpaired) electrons. The van der Waals surface area contributed by atoms with E-state index < -0.39 is 6.04 Å². The van der Waals surface area contributed by atoms with E-state index in [1.807, 2.05) is 24.3 Å². The fourth-order valence-electron chi connectivity index (χ4n) is 2.74. The molecule has 0 unspecified atom stereocenters. The lowest BCUT2D eigenvalue weighted by Gasteiger charge is -2.28. The average molecular weight is 405 g/mol. The Kier molecular flexibility index (Phi) is 8.20. The van der Waals surface area contributed by atoms with Crippen LogP contribution >= 0.6 is 23.4 Å². The highest BCUT2D eigenvalue weighted by Crippen LogP contribution is 2.20. The number of hydrogen-bond donors (Lipinski definition) is 1. The number of amides is 2. The molecule has 6 heteroatoms. The smallest absolute Gasteiger partial charge is 0.242 e. The number of carbonyl (C=O) groups excluding carboxylic acids is 2. The van der Waals surface area contributed by atoms with Crippen molar-refractivity contribution in [1.82, 2.24) is 10.2 Å². The Morgan fingerprint density at radius 3 is 2.59 bits per heavy atom. The van der Waals surface area contributed by atoms with Gasteiger partial charge in [-0.15, -0.1) is 11.8 Å². The van der Waals surface area contributed by atoms with Crippen molar-refractivity contribution in [3.8, 4) is 0 Å². The summed E-state index contributed by atoms with van der Waals surface area (Å²) in [6, 6.07) is 15.1. The molecule has 2 aromatic rings. The second-order valence-electron chi connectivity index (χ2n) is 6.39. The maximum absolute atomic E-state index is 12.9. The Bertz CT molecular complexity index is 797. The Morgan fingerprint density at radius 2 is 1.93 bits per heavy atom. The minimum Gasteiger partial charge on any atom is -0.357 e. The molecule has 0 aliphatic rings. The molecular weight excluding hydrogens is 380 g/mol. The summed E-state index contributed by atoms with van der Waals surface area (Å²) < 4.78 is 0. The van der Waals surface area contributed by atoms with Gasteiger partial charge in [0.25, 0.3) is 0 Å². The van der Waals surface area contributed by atoms with E-state index in [1.165, 1.54) is 11.1 Å². The van der Waals surface area contributed by atoms with Crippen LogP contribution in [0.1, 0.15) is 23.6 Å². The van der Waals surface area contributed by atoms with Crippen molar-refractivity contribution in [2.75, 3.05) is 12.8 Å². The number of aryl methyl sites for hydroxylation is 1. The first kappa shape index (κ1) is 21.3. The number of halogens is 1. The summed E-state index contributed by atoms with van der Waals surface area (Å²) in [6.07, 6.45) is 0. The molecule has 1 N–H and O–H groups in total. The minimum atomic E-state index is -0.571. The molecule has 27 heavy (non-hydrogen) atoms. The largest absolute Gasteiger partial charge is 0.357 e. The van der Waals surface area contributed by atoms with Crippen molar-refractivity contribution in [3.63, 3.8) is 0 Å². The topological polar surface area (TPSA) is 49.4 Å². The summed E-state index contributed by atoms with van der Waals surface area (Å²) in [5.41, 5.74) is 3.21. The van der Waals surface area contributed by atoms with Gasteiger partial charge in [0, 0.05) is 24.4 Å². The normalized spacial score (nSPS) is 11.7. The molecule has 144 valence electrons. The number of rotatable bonds is 8. The van der Waals surface area contributed by atoms with Crippen molar-refractivity contribution in [1.29, 1.82) is 0 Å². The fourth-order valence-corrected chi connectivity index (χ4v) is 3.80. The molecule has 0 aromatic heterocycles. The number of likely N-dealkylation sites (N-methyl/N-ethyl adjacent to an activating group) is 1. The molecule has 0 saturated carbocycles. The Hall–Kier alpha value is -1.98. The summed E-state index contributed by atoms with van der Waals surface area (Å²) in [5, 5.41) is 3.21. The third-order valence-corrected chi connectivity index (χ3v) is 5.65. The molecule has 2 rings (SSSR count). The molecule has 0 fully saturated rings. The second kappa shape index (κ2) is 10.4. The van der Waals surface area contributed by atoms with E-state index in [-0.39, 0.29) is 11.8 Å². The van der Waals surface area contributed by atoms with E-state index in [4.69, 9.17) is 11.6 Å². The van der Waals surface area contributed by atoms with Crippen LogP contribution in [0.2, 0.25) is 5.02 Å². The summed E-state index contributed by atoms with van der Waals surface area (Å²) >= 11 is 7.79. The molecule has 0 spiro atoms. The van der Waals surface area contributed by atoms with Gasteiger partial charge >= 0.3 is 0 Å². The molecule has 0 bridgehead atoms. The third kappa shape index (κ3) is 6.29. The lowest BCUT2D eigenvalue weighted by molar-refractivity contribution is -0.138. The van der Waals surface area contributed by atoms with E-state index in [0.29, 0.717) is 17.3 Å². The van der Waals surface area contributed by atoms with Gasteiger partial charge in [0.1, 0.15) is 6.04 Å². The summed E-state index contributed by atoms with van der Waals surface area (Å²) in [4.78, 5) is 26.6. The zero-order chi connectivity index (χ0) is 19.8. The van der Waals surface area contributed by atoms with E-state index in [0.717, 1.165) is 11.3 Å². The number of thioether (sulfide) groups is 1. The van der Waals surface area contributed by atoms with Crippen LogP contribution in [0.25, 0.3) is 0 Å². The van der Waals surface area contributed by atoms with Gasteiger partial charge in [-0.05, 0) is 31.0 Å². The van der Waals surface area contributed by atoms with Crippen molar-refractivity contribution in [3.05, 3.63) is 70.2 Å². The molecule has 0 saturated heterocycles. The van der Waals surface area contributed by atoms with Crippen molar-refractivity contribution in [2.24, 2.45) is 0 Å². The Labute approximate surface area is 170 Å². The molecule has 2 amide bonds. The lowest BCUT2D eigenvalue weighted by atomic mass is 10.1. The van der Waals surface area contributed by atoms with Gasteiger partial charge in [-0.25, -0.2) is 0 Å². The van der Waals surface area contributed by atoms with E-state index in [1.54, 1.807) is 36.7 Å². The maximum Gasteiger partial charge on any atom is 0.242 e. The van der Waals surface area contributed by atoms with Crippen LogP contribution in [0.5, 0.6) is 0 Å². The molecule has 0 heterocycles. The third-order valence-electron chi connectivity index (χ3n) is 4.29. The lowest BCUT2D eigenvalue weighted by Crippen LogP contribution is -2.47. The molecule has 0 aliphatic heterocycles. The fraction of sp³-hybridized carbons (Fsp3) is 0.333. The zero-order valence-corrected chi connectivity index (χ0v) is 17.4. The Balaban J connectivity index is 2.06. The number of carbonyl (C=O) groups is 2. The van der Waals surface area contributed by atoms with Gasteiger partial charge in [-0.3, -0.25) is 9.59 Å². The van der Waals surface area contributed by atoms with Crippen LogP contribution in [0.4, 0.5) is 0 Å². The van der Waals surface area contributed by atoms with E-state index in [9.17, 15) is 9.59 Å². The summed E-state index contributed by atoms with van der Waals surface area (Å²) in [7, 11) is 1.57. The van der Waals surface area contributed by atoms with Gasteiger partial charge in [-0.1, -0.05) is 59.6 Å². The van der Waals surface area contributed by atoms with Crippen LogP contribution in [0.15, 0.2) is 48.5 Å². The predicted octanol–water partition coefficient (Wildman–Crippen LogP) is 4.04. The van der Waals surface area contributed by atoms with Crippen LogP contribution in [-0.2, 0) is 21.9 Å². The first-order chi connectivity index (χ1) is 12.9. The molecule has 0 aliphatic carbocycles. The van der Waals surface area contributed by atoms with Gasteiger partial charge in [-0.2, -0.15) is 0 Å². The molecule has 4 nitrogen and oxygen atoms in total. The monoisotopic (exact) mass is 404 g/mol. The summed E-state index contributed by atoms with van der Waals surface area (Å²) in [6.45, 7) is 4.09. The maximum atomic E-state index is 12.9. The van der Waals surface area contributed by atoms with E-state index in [2.05, 4.69) is 30.4 Å². The van der Waals surface area contributed by atoms with Gasteiger partial charge < -0.3 is 10.2 Å². The SMILES string of the molecule is CNC(=O)[C@H](C)N(Cc1ccccc1Cl)C(=O)CSCc1cccc(C)c1. The van der Waals surface area contributed by atoms with Gasteiger partial charge in [0.05, 0.1) is 5.75 Å². The summed E-state index contributed by atoms with van der Waals surface area (Å²) in [5.74, 6) is 0.782. The minimum absolute atomic E-state index is 0.0799. The number of nitrogens with one attached hydrogen (secondary N) is 1. The number of nitrogens with zero attached hydrogens (tertiary/aromatic N) is 1. The van der Waals surface area contributed by atoms with Crippen LogP contribution in [0.3, 0.4) is 0 Å². The molecule has 2 aromatic carbocycles. The zero-order valence-electron chi connectivity index (χ0n) is 15.9. The van der Waals surface area contributed by atoms with Gasteiger partial charge in [0.2, 0.25) is 11.8 Å². The highest BCUT2D eigenvalue weighted by molar-refractivity contribution is 7.99. The average Bonchev–Trinajstić information content (AvgIpc) is 2.66.